The van der Waals surface area contributed by atoms with E-state index in [9.17, 15) is 9.18 Å². The molecular weight excluding hydrogens is 327 g/mol. The lowest BCUT2D eigenvalue weighted by Crippen LogP contribution is -2.43. The van der Waals surface area contributed by atoms with Gasteiger partial charge in [-0.25, -0.2) is 9.18 Å². The molecule has 2 N–H and O–H groups in total. The van der Waals surface area contributed by atoms with E-state index >= 15 is 0 Å². The minimum Gasteiger partial charge on any atom is -0.394 e. The van der Waals surface area contributed by atoms with Gasteiger partial charge in [0.05, 0.1) is 12.6 Å². The standard InChI is InChI=1S/C18H21FN2O2S/c1-13(12-22)21(2)18(23)20-11-14-3-7-16(8-4-14)24-17-9-5-15(19)6-10-17/h3-10,13,22H,11-12H2,1-2H3,(H,20,23). The summed E-state index contributed by atoms with van der Waals surface area (Å²) < 4.78 is 12.9. The summed E-state index contributed by atoms with van der Waals surface area (Å²) in [6.07, 6.45) is 0. The third kappa shape index (κ3) is 5.25. The number of likely N-dealkylation sites (N-methyl/N-ethyl adjacent to an activating group) is 1. The molecule has 2 aromatic carbocycles. The highest BCUT2D eigenvalue weighted by molar-refractivity contribution is 7.99. The smallest absolute Gasteiger partial charge is 0.317 e. The first-order chi connectivity index (χ1) is 11.5. The minimum absolute atomic E-state index is 0.0702. The normalized spacial score (nSPS) is 11.8. The van der Waals surface area contributed by atoms with E-state index in [2.05, 4.69) is 5.32 Å². The first-order valence-electron chi connectivity index (χ1n) is 7.63. The van der Waals surface area contributed by atoms with E-state index in [1.165, 1.54) is 17.0 Å². The molecule has 24 heavy (non-hydrogen) atoms. The van der Waals surface area contributed by atoms with Crippen LogP contribution in [0.5, 0.6) is 0 Å². The van der Waals surface area contributed by atoms with Crippen LogP contribution in [0.1, 0.15) is 12.5 Å². The number of hydrogen-bond acceptors (Lipinski definition) is 3. The van der Waals surface area contributed by atoms with Crippen LogP contribution in [-0.2, 0) is 6.54 Å². The first kappa shape index (κ1) is 18.3. The molecule has 0 aliphatic heterocycles. The Morgan fingerprint density at radius 1 is 1.17 bits per heavy atom. The van der Waals surface area contributed by atoms with Crippen LogP contribution < -0.4 is 5.32 Å². The number of benzene rings is 2. The van der Waals surface area contributed by atoms with Gasteiger partial charge in [0.25, 0.3) is 0 Å². The summed E-state index contributed by atoms with van der Waals surface area (Å²) in [6, 6.07) is 13.7. The van der Waals surface area contributed by atoms with Crippen LogP contribution >= 0.6 is 11.8 Å². The molecule has 2 amide bonds. The van der Waals surface area contributed by atoms with Gasteiger partial charge in [-0.05, 0) is 48.9 Å². The molecule has 0 radical (unpaired) electrons. The number of aliphatic hydroxyl groups excluding tert-OH is 1. The molecule has 4 nitrogen and oxygen atoms in total. The van der Waals surface area contributed by atoms with Crippen molar-refractivity contribution < 1.29 is 14.3 Å². The molecule has 0 aliphatic rings. The van der Waals surface area contributed by atoms with Crippen molar-refractivity contribution in [2.45, 2.75) is 29.3 Å². The second-order valence-corrected chi connectivity index (χ2v) is 6.65. The Labute approximate surface area is 145 Å². The molecule has 2 rings (SSSR count). The molecule has 1 atom stereocenters. The molecule has 0 heterocycles. The van der Waals surface area contributed by atoms with E-state index in [0.29, 0.717) is 6.54 Å². The van der Waals surface area contributed by atoms with E-state index in [1.54, 1.807) is 37.9 Å². The Kier molecular flexibility index (Phi) is 6.63. The zero-order valence-corrected chi connectivity index (χ0v) is 14.5. The molecule has 128 valence electrons. The Hall–Kier alpha value is -2.05. The Morgan fingerprint density at radius 3 is 2.25 bits per heavy atom. The number of halogens is 1. The van der Waals surface area contributed by atoms with Gasteiger partial charge in [-0.15, -0.1) is 0 Å². The summed E-state index contributed by atoms with van der Waals surface area (Å²) in [5.41, 5.74) is 0.983. The quantitative estimate of drug-likeness (QED) is 0.840. The molecule has 0 saturated heterocycles. The van der Waals surface area contributed by atoms with E-state index in [4.69, 9.17) is 5.11 Å². The van der Waals surface area contributed by atoms with Gasteiger partial charge in [0.2, 0.25) is 0 Å². The number of hydrogen-bond donors (Lipinski definition) is 2. The average molecular weight is 348 g/mol. The van der Waals surface area contributed by atoms with Gasteiger partial charge in [-0.1, -0.05) is 23.9 Å². The fourth-order valence-corrected chi connectivity index (χ4v) is 2.76. The Bertz CT molecular complexity index is 662. The van der Waals surface area contributed by atoms with Crippen molar-refractivity contribution in [1.29, 1.82) is 0 Å². The topological polar surface area (TPSA) is 52.6 Å². The van der Waals surface area contributed by atoms with Gasteiger partial charge in [0, 0.05) is 23.4 Å². The van der Waals surface area contributed by atoms with Crippen molar-refractivity contribution in [2.24, 2.45) is 0 Å². The largest absolute Gasteiger partial charge is 0.394 e. The maximum Gasteiger partial charge on any atom is 0.317 e. The van der Waals surface area contributed by atoms with E-state index in [1.807, 2.05) is 24.3 Å². The van der Waals surface area contributed by atoms with E-state index in [0.717, 1.165) is 15.4 Å². The van der Waals surface area contributed by atoms with E-state index < -0.39 is 0 Å². The maximum absolute atomic E-state index is 12.9. The lowest BCUT2D eigenvalue weighted by molar-refractivity contribution is 0.157. The number of carbonyl (C=O) groups excluding carboxylic acids is 1. The Morgan fingerprint density at radius 2 is 1.71 bits per heavy atom. The lowest BCUT2D eigenvalue weighted by Gasteiger charge is -2.23. The second-order valence-electron chi connectivity index (χ2n) is 5.50. The molecule has 0 spiro atoms. The van der Waals surface area contributed by atoms with E-state index in [-0.39, 0.29) is 24.5 Å². The Balaban J connectivity index is 1.88. The predicted octanol–water partition coefficient (Wildman–Crippen LogP) is 3.50. The molecule has 0 aliphatic carbocycles. The van der Waals surface area contributed by atoms with Crippen molar-refractivity contribution in [3.05, 3.63) is 59.9 Å². The van der Waals surface area contributed by atoms with Crippen molar-refractivity contribution in [1.82, 2.24) is 10.2 Å². The predicted molar refractivity (Wildman–Crippen MR) is 93.5 cm³/mol. The van der Waals surface area contributed by atoms with Crippen LogP contribution in [-0.4, -0.2) is 35.7 Å². The number of carbonyl (C=O) groups is 1. The fraction of sp³-hybridized carbons (Fsp3) is 0.278. The van der Waals surface area contributed by atoms with Crippen molar-refractivity contribution in [3.63, 3.8) is 0 Å². The van der Waals surface area contributed by atoms with Crippen LogP contribution in [0.3, 0.4) is 0 Å². The molecule has 0 bridgehead atoms. The van der Waals surface area contributed by atoms with Gasteiger partial charge < -0.3 is 15.3 Å². The fourth-order valence-electron chi connectivity index (χ4n) is 1.94. The zero-order valence-electron chi connectivity index (χ0n) is 13.7. The third-order valence-corrected chi connectivity index (χ3v) is 4.68. The van der Waals surface area contributed by atoms with Crippen LogP contribution in [0.15, 0.2) is 58.3 Å². The molecule has 2 aromatic rings. The highest BCUT2D eigenvalue weighted by Gasteiger charge is 2.13. The summed E-state index contributed by atoms with van der Waals surface area (Å²) in [5.74, 6) is -0.245. The minimum atomic E-state index is -0.245. The SMILES string of the molecule is CC(CO)N(C)C(=O)NCc1ccc(Sc2ccc(F)cc2)cc1. The van der Waals surface area contributed by atoms with Crippen molar-refractivity contribution in [3.8, 4) is 0 Å². The second kappa shape index (κ2) is 8.70. The van der Waals surface area contributed by atoms with Crippen LogP contribution in [0.2, 0.25) is 0 Å². The summed E-state index contributed by atoms with van der Waals surface area (Å²) in [6.45, 7) is 2.13. The summed E-state index contributed by atoms with van der Waals surface area (Å²) in [5, 5.41) is 11.9. The van der Waals surface area contributed by atoms with Gasteiger partial charge in [0.1, 0.15) is 5.82 Å². The summed E-state index contributed by atoms with van der Waals surface area (Å²) in [4.78, 5) is 15.4. The van der Waals surface area contributed by atoms with Crippen molar-refractivity contribution >= 4 is 17.8 Å². The number of nitrogens with one attached hydrogen (secondary N) is 1. The van der Waals surface area contributed by atoms with Crippen LogP contribution in [0.4, 0.5) is 9.18 Å². The molecule has 1 unspecified atom stereocenters. The van der Waals surface area contributed by atoms with Crippen molar-refractivity contribution in [2.75, 3.05) is 13.7 Å². The molecule has 0 aromatic heterocycles. The van der Waals surface area contributed by atoms with Crippen LogP contribution in [0.25, 0.3) is 0 Å². The average Bonchev–Trinajstić information content (AvgIpc) is 2.61. The van der Waals surface area contributed by atoms with Crippen LogP contribution in [0, 0.1) is 5.82 Å². The third-order valence-electron chi connectivity index (χ3n) is 3.66. The summed E-state index contributed by atoms with van der Waals surface area (Å²) >= 11 is 1.55. The number of urea groups is 1. The number of amides is 2. The lowest BCUT2D eigenvalue weighted by atomic mass is 10.2. The molecule has 0 saturated carbocycles. The number of nitrogens with zero attached hydrogens (tertiary/aromatic N) is 1. The van der Waals surface area contributed by atoms with Gasteiger partial charge >= 0.3 is 6.03 Å². The zero-order chi connectivity index (χ0) is 17.5. The van der Waals surface area contributed by atoms with Gasteiger partial charge in [0.15, 0.2) is 0 Å². The highest BCUT2D eigenvalue weighted by Crippen LogP contribution is 2.27. The monoisotopic (exact) mass is 348 g/mol. The number of aliphatic hydroxyl groups is 1. The highest BCUT2D eigenvalue weighted by atomic mass is 32.2. The molecular formula is C18H21FN2O2S. The maximum atomic E-state index is 12.9. The van der Waals surface area contributed by atoms with Gasteiger partial charge in [-0.2, -0.15) is 0 Å². The number of rotatable bonds is 6. The molecule has 6 heteroatoms. The summed E-state index contributed by atoms with van der Waals surface area (Å²) in [7, 11) is 1.65. The first-order valence-corrected chi connectivity index (χ1v) is 8.45. The van der Waals surface area contributed by atoms with Gasteiger partial charge in [-0.3, -0.25) is 0 Å². The molecule has 0 fully saturated rings.